The molecule has 0 spiro atoms. The number of hydrogen-bond donors (Lipinski definition) is 4. The first kappa shape index (κ1) is 24.8. The van der Waals surface area contributed by atoms with Crippen LogP contribution in [0, 0.1) is 0 Å². The Balaban J connectivity index is 3.25. The van der Waals surface area contributed by atoms with Gasteiger partial charge in [0, 0.05) is 13.2 Å². The van der Waals surface area contributed by atoms with Gasteiger partial charge in [-0.05, 0) is 38.5 Å². The quantitative estimate of drug-likeness (QED) is 0.244. The molecule has 2 unspecified atom stereocenters. The number of unbranched alkanes of at least 4 members (excludes halogenated alkanes) is 10. The zero-order chi connectivity index (χ0) is 18.6. The molecule has 4 N–H and O–H groups in total. The van der Waals surface area contributed by atoms with E-state index < -0.39 is 0 Å². The second-order valence-corrected chi connectivity index (χ2v) is 7.51. The van der Waals surface area contributed by atoms with Crippen LogP contribution in [0.15, 0.2) is 0 Å². The van der Waals surface area contributed by atoms with Gasteiger partial charge in [-0.25, -0.2) is 0 Å². The Hall–Kier alpha value is -0.160. The van der Waals surface area contributed by atoms with Gasteiger partial charge in [-0.1, -0.05) is 70.6 Å². The highest BCUT2D eigenvalue weighted by Crippen LogP contribution is 2.15. The van der Waals surface area contributed by atoms with Crippen LogP contribution in [0.3, 0.4) is 0 Å². The molecular weight excluding hydrogens is 316 g/mol. The van der Waals surface area contributed by atoms with Gasteiger partial charge in [-0.2, -0.15) is 0 Å². The molecule has 0 bridgehead atoms. The predicted octanol–water partition coefficient (Wildman–Crippen LogP) is 4.32. The van der Waals surface area contributed by atoms with E-state index in [0.29, 0.717) is 6.61 Å². The third-order valence-corrected chi connectivity index (χ3v) is 4.97. The first-order valence-electron chi connectivity index (χ1n) is 10.8. The highest BCUT2D eigenvalue weighted by Gasteiger charge is 2.05. The molecule has 0 radical (unpaired) electrons. The van der Waals surface area contributed by atoms with Crippen molar-refractivity contribution in [2.45, 2.75) is 121 Å². The second-order valence-electron chi connectivity index (χ2n) is 7.51. The third kappa shape index (κ3) is 20.0. The maximum absolute atomic E-state index is 9.96. The average molecular weight is 361 g/mol. The van der Waals surface area contributed by atoms with E-state index in [1.54, 1.807) is 0 Å². The second kappa shape index (κ2) is 20.2. The Morgan fingerprint density at radius 3 is 0.880 bits per heavy atom. The SMILES string of the molecule is OCCCCCCCC(O)CCCCCCC(O)CCCCCCO. The van der Waals surface area contributed by atoms with E-state index in [1.165, 1.54) is 0 Å². The summed E-state index contributed by atoms with van der Waals surface area (Å²) in [4.78, 5) is 0. The smallest absolute Gasteiger partial charge is 0.0540 e. The lowest BCUT2D eigenvalue weighted by atomic mass is 10.0. The largest absolute Gasteiger partial charge is 0.396 e. The molecule has 0 aliphatic heterocycles. The van der Waals surface area contributed by atoms with Gasteiger partial charge in [0.1, 0.15) is 0 Å². The average Bonchev–Trinajstić information content (AvgIpc) is 2.60. The van der Waals surface area contributed by atoms with Crippen molar-refractivity contribution in [2.24, 2.45) is 0 Å². The van der Waals surface area contributed by atoms with E-state index >= 15 is 0 Å². The minimum absolute atomic E-state index is 0.151. The minimum Gasteiger partial charge on any atom is -0.396 e. The third-order valence-electron chi connectivity index (χ3n) is 4.97. The van der Waals surface area contributed by atoms with Crippen LogP contribution in [0.25, 0.3) is 0 Å². The van der Waals surface area contributed by atoms with Gasteiger partial charge < -0.3 is 20.4 Å². The maximum Gasteiger partial charge on any atom is 0.0540 e. The van der Waals surface area contributed by atoms with Crippen molar-refractivity contribution in [3.05, 3.63) is 0 Å². The molecule has 0 rings (SSSR count). The standard InChI is InChI=1S/C21H44O4/c22-18-12-6-1-2-8-14-20(24)15-9-3-4-10-16-21(25)17-11-5-7-13-19-23/h20-25H,1-19H2. The Labute approximate surface area is 155 Å². The maximum atomic E-state index is 9.96. The molecule has 0 amide bonds. The van der Waals surface area contributed by atoms with Crippen LogP contribution in [0.1, 0.15) is 109 Å². The molecule has 25 heavy (non-hydrogen) atoms. The molecule has 2 atom stereocenters. The summed E-state index contributed by atoms with van der Waals surface area (Å²) in [6.45, 7) is 0.576. The summed E-state index contributed by atoms with van der Waals surface area (Å²) >= 11 is 0. The molecule has 0 aromatic carbocycles. The first-order valence-corrected chi connectivity index (χ1v) is 10.8. The Kier molecular flexibility index (Phi) is 20.0. The van der Waals surface area contributed by atoms with E-state index in [2.05, 4.69) is 0 Å². The summed E-state index contributed by atoms with van der Waals surface area (Å²) in [6.07, 6.45) is 17.3. The lowest BCUT2D eigenvalue weighted by Gasteiger charge is -2.11. The highest BCUT2D eigenvalue weighted by molar-refractivity contribution is 4.60. The summed E-state index contributed by atoms with van der Waals surface area (Å²) in [5, 5.41) is 37.3. The Bertz CT molecular complexity index is 248. The fraction of sp³-hybridized carbons (Fsp3) is 1.00. The van der Waals surface area contributed by atoms with Crippen molar-refractivity contribution in [1.82, 2.24) is 0 Å². The van der Waals surface area contributed by atoms with E-state index in [9.17, 15) is 10.2 Å². The lowest BCUT2D eigenvalue weighted by molar-refractivity contribution is 0.141. The molecule has 0 aliphatic carbocycles. The van der Waals surface area contributed by atoms with Crippen molar-refractivity contribution in [2.75, 3.05) is 13.2 Å². The monoisotopic (exact) mass is 360 g/mol. The van der Waals surface area contributed by atoms with Crippen molar-refractivity contribution in [1.29, 1.82) is 0 Å². The molecule has 0 heterocycles. The highest BCUT2D eigenvalue weighted by atomic mass is 16.3. The van der Waals surface area contributed by atoms with E-state index in [4.69, 9.17) is 10.2 Å². The van der Waals surface area contributed by atoms with Gasteiger partial charge in [0.25, 0.3) is 0 Å². The molecule has 0 aromatic heterocycles. The predicted molar refractivity (Wildman–Crippen MR) is 105 cm³/mol. The molecule has 0 fully saturated rings. The molecule has 4 heteroatoms. The van der Waals surface area contributed by atoms with Crippen LogP contribution < -0.4 is 0 Å². The van der Waals surface area contributed by atoms with E-state index in [1.807, 2.05) is 0 Å². The number of rotatable bonds is 20. The van der Waals surface area contributed by atoms with Crippen LogP contribution in [-0.4, -0.2) is 45.8 Å². The summed E-state index contributed by atoms with van der Waals surface area (Å²) in [5.41, 5.74) is 0. The fourth-order valence-corrected chi connectivity index (χ4v) is 3.27. The summed E-state index contributed by atoms with van der Waals surface area (Å²) in [7, 11) is 0. The van der Waals surface area contributed by atoms with Crippen molar-refractivity contribution >= 4 is 0 Å². The Morgan fingerprint density at radius 1 is 0.360 bits per heavy atom. The van der Waals surface area contributed by atoms with Crippen LogP contribution in [0.4, 0.5) is 0 Å². The molecular formula is C21H44O4. The van der Waals surface area contributed by atoms with E-state index in [0.717, 1.165) is 109 Å². The fourth-order valence-electron chi connectivity index (χ4n) is 3.27. The topological polar surface area (TPSA) is 80.9 Å². The molecule has 0 aliphatic rings. The minimum atomic E-state index is -0.162. The molecule has 0 saturated carbocycles. The van der Waals surface area contributed by atoms with Crippen LogP contribution >= 0.6 is 0 Å². The number of aliphatic hydroxyl groups is 4. The lowest BCUT2D eigenvalue weighted by Crippen LogP contribution is -2.07. The van der Waals surface area contributed by atoms with Crippen molar-refractivity contribution in [3.8, 4) is 0 Å². The number of aliphatic hydroxyl groups excluding tert-OH is 4. The zero-order valence-electron chi connectivity index (χ0n) is 16.4. The van der Waals surface area contributed by atoms with Gasteiger partial charge in [0.05, 0.1) is 12.2 Å². The molecule has 0 saturated heterocycles. The van der Waals surface area contributed by atoms with Crippen LogP contribution in [0.2, 0.25) is 0 Å². The van der Waals surface area contributed by atoms with Gasteiger partial charge in [-0.3, -0.25) is 0 Å². The van der Waals surface area contributed by atoms with Crippen molar-refractivity contribution in [3.63, 3.8) is 0 Å². The van der Waals surface area contributed by atoms with Crippen LogP contribution in [-0.2, 0) is 0 Å². The van der Waals surface area contributed by atoms with Gasteiger partial charge in [-0.15, -0.1) is 0 Å². The molecule has 0 aromatic rings. The summed E-state index contributed by atoms with van der Waals surface area (Å²) in [6, 6.07) is 0. The van der Waals surface area contributed by atoms with Gasteiger partial charge in [0.15, 0.2) is 0 Å². The van der Waals surface area contributed by atoms with Crippen molar-refractivity contribution < 1.29 is 20.4 Å². The van der Waals surface area contributed by atoms with Gasteiger partial charge in [0.2, 0.25) is 0 Å². The summed E-state index contributed by atoms with van der Waals surface area (Å²) in [5.74, 6) is 0. The Morgan fingerprint density at radius 2 is 0.600 bits per heavy atom. The van der Waals surface area contributed by atoms with Gasteiger partial charge >= 0.3 is 0 Å². The summed E-state index contributed by atoms with van der Waals surface area (Å²) < 4.78 is 0. The first-order chi connectivity index (χ1) is 12.2. The van der Waals surface area contributed by atoms with Crippen LogP contribution in [0.5, 0.6) is 0 Å². The number of hydrogen-bond acceptors (Lipinski definition) is 4. The normalized spacial score (nSPS) is 13.9. The zero-order valence-corrected chi connectivity index (χ0v) is 16.4. The van der Waals surface area contributed by atoms with E-state index in [-0.39, 0.29) is 18.8 Å². The molecule has 152 valence electrons. The molecule has 4 nitrogen and oxygen atoms in total.